The summed E-state index contributed by atoms with van der Waals surface area (Å²) in [7, 11) is 0. The van der Waals surface area contributed by atoms with E-state index in [-0.39, 0.29) is 4.47 Å². The highest BCUT2D eigenvalue weighted by Crippen LogP contribution is 2.24. The lowest BCUT2D eigenvalue weighted by Gasteiger charge is -2.18. The van der Waals surface area contributed by atoms with Crippen molar-refractivity contribution in [2.24, 2.45) is 0 Å². The average Bonchev–Trinajstić information content (AvgIpc) is 2.12. The number of hydrogen-bond donors (Lipinski definition) is 2. The Kier molecular flexibility index (Phi) is 3.70. The number of halogens is 2. The number of rotatable bonds is 2. The Bertz CT molecular complexity index is 427. The van der Waals surface area contributed by atoms with Crippen molar-refractivity contribution >= 4 is 27.5 Å². The van der Waals surface area contributed by atoms with Gasteiger partial charge in [0.05, 0.1) is 4.47 Å². The van der Waals surface area contributed by atoms with E-state index in [2.05, 4.69) is 21.2 Å². The average molecular weight is 290 g/mol. The summed E-state index contributed by atoms with van der Waals surface area (Å²) < 4.78 is 13.4. The van der Waals surface area contributed by atoms with Crippen LogP contribution in [-0.4, -0.2) is 16.6 Å². The topological polar surface area (TPSA) is 49.3 Å². The molecular weight excluding hydrogens is 277 g/mol. The third kappa shape index (κ3) is 3.02. The smallest absolute Gasteiger partial charge is 0.255 e. The van der Waals surface area contributed by atoms with Gasteiger partial charge in [-0.05, 0) is 54.4 Å². The van der Waals surface area contributed by atoms with E-state index in [0.717, 1.165) is 0 Å². The maximum absolute atomic E-state index is 13.1. The summed E-state index contributed by atoms with van der Waals surface area (Å²) in [5, 5.41) is 12.0. The third-order valence-corrected chi connectivity index (χ3v) is 2.68. The number of carbonyl (C=O) groups is 1. The molecule has 0 bridgehead atoms. The van der Waals surface area contributed by atoms with Gasteiger partial charge in [-0.15, -0.1) is 0 Å². The molecule has 0 heterocycles. The van der Waals surface area contributed by atoms with Gasteiger partial charge in [0.15, 0.2) is 0 Å². The highest BCUT2D eigenvalue weighted by molar-refractivity contribution is 9.10. The van der Waals surface area contributed by atoms with Gasteiger partial charge in [0.25, 0.3) is 5.91 Å². The van der Waals surface area contributed by atoms with E-state index in [1.165, 1.54) is 26.0 Å². The van der Waals surface area contributed by atoms with Crippen molar-refractivity contribution in [1.29, 1.82) is 0 Å². The first kappa shape index (κ1) is 13.1. The fourth-order valence-corrected chi connectivity index (χ4v) is 1.40. The quantitative estimate of drug-likeness (QED) is 0.879. The van der Waals surface area contributed by atoms with E-state index in [1.54, 1.807) is 6.92 Å². The summed E-state index contributed by atoms with van der Waals surface area (Å²) in [6.07, 6.45) is 0. The van der Waals surface area contributed by atoms with Crippen molar-refractivity contribution in [1.82, 2.24) is 0 Å². The van der Waals surface area contributed by atoms with Gasteiger partial charge in [-0.1, -0.05) is 0 Å². The van der Waals surface area contributed by atoms with Gasteiger partial charge in [-0.2, -0.15) is 0 Å². The van der Waals surface area contributed by atoms with Crippen LogP contribution < -0.4 is 5.32 Å². The number of amides is 1. The molecule has 0 aliphatic carbocycles. The molecule has 0 spiro atoms. The van der Waals surface area contributed by atoms with Crippen LogP contribution in [0.3, 0.4) is 0 Å². The summed E-state index contributed by atoms with van der Waals surface area (Å²) in [5.74, 6) is -0.923. The second kappa shape index (κ2) is 4.51. The highest BCUT2D eigenvalue weighted by atomic mass is 79.9. The minimum atomic E-state index is -1.46. The molecule has 0 aromatic heterocycles. The lowest BCUT2D eigenvalue weighted by Crippen LogP contribution is -2.36. The number of nitrogens with one attached hydrogen (secondary N) is 1. The molecule has 1 aromatic carbocycles. The zero-order chi connectivity index (χ0) is 12.5. The summed E-state index contributed by atoms with van der Waals surface area (Å²) >= 11 is 3.03. The molecule has 0 aliphatic heterocycles. The summed E-state index contributed by atoms with van der Waals surface area (Å²) in [5.41, 5.74) is -0.397. The molecule has 2 N–H and O–H groups in total. The van der Waals surface area contributed by atoms with Crippen molar-refractivity contribution in [3.8, 4) is 0 Å². The first-order chi connectivity index (χ1) is 7.21. The summed E-state index contributed by atoms with van der Waals surface area (Å²) in [6, 6.07) is 2.78. The Morgan fingerprint density at radius 3 is 2.56 bits per heavy atom. The fourth-order valence-electron chi connectivity index (χ4n) is 1.06. The van der Waals surface area contributed by atoms with Crippen LogP contribution in [0.5, 0.6) is 0 Å². The molecule has 5 heteroatoms. The molecule has 0 saturated carbocycles. The number of hydrogen-bond acceptors (Lipinski definition) is 2. The highest BCUT2D eigenvalue weighted by Gasteiger charge is 2.24. The van der Waals surface area contributed by atoms with Gasteiger partial charge in [-0.3, -0.25) is 4.79 Å². The van der Waals surface area contributed by atoms with Crippen LogP contribution >= 0.6 is 15.9 Å². The molecule has 1 rings (SSSR count). The van der Waals surface area contributed by atoms with Gasteiger partial charge in [0.1, 0.15) is 11.4 Å². The Balaban J connectivity index is 2.99. The van der Waals surface area contributed by atoms with E-state index in [0.29, 0.717) is 11.3 Å². The van der Waals surface area contributed by atoms with Gasteiger partial charge in [0, 0.05) is 5.69 Å². The van der Waals surface area contributed by atoms with Gasteiger partial charge < -0.3 is 10.4 Å². The molecular formula is C11H13BrFNO2. The van der Waals surface area contributed by atoms with Crippen molar-refractivity contribution in [2.75, 3.05) is 5.32 Å². The number of carbonyl (C=O) groups excluding carboxylic acids is 1. The molecule has 0 saturated heterocycles. The van der Waals surface area contributed by atoms with Crippen LogP contribution in [0, 0.1) is 12.7 Å². The van der Waals surface area contributed by atoms with Crippen LogP contribution in [0.1, 0.15) is 19.4 Å². The van der Waals surface area contributed by atoms with Gasteiger partial charge in [0.2, 0.25) is 0 Å². The van der Waals surface area contributed by atoms with Crippen molar-refractivity contribution in [3.63, 3.8) is 0 Å². The fraction of sp³-hybridized carbons (Fsp3) is 0.364. The van der Waals surface area contributed by atoms with Gasteiger partial charge >= 0.3 is 0 Å². The standard InChI is InChI=1S/C11H13BrFNO2/c1-6-4-8(13)7(12)5-9(6)14-10(15)11(2,3)16/h4-5,16H,1-3H3,(H,14,15). The van der Waals surface area contributed by atoms with E-state index >= 15 is 0 Å². The Labute approximate surface area is 102 Å². The zero-order valence-electron chi connectivity index (χ0n) is 9.27. The van der Waals surface area contributed by atoms with E-state index in [9.17, 15) is 14.3 Å². The van der Waals surface area contributed by atoms with Crippen LogP contribution in [-0.2, 0) is 4.79 Å². The molecule has 0 fully saturated rings. The monoisotopic (exact) mass is 289 g/mol. The SMILES string of the molecule is Cc1cc(F)c(Br)cc1NC(=O)C(C)(C)O. The predicted molar refractivity (Wildman–Crippen MR) is 63.8 cm³/mol. The van der Waals surface area contributed by atoms with Crippen molar-refractivity contribution < 1.29 is 14.3 Å². The maximum atomic E-state index is 13.1. The second-order valence-corrected chi connectivity index (χ2v) is 4.95. The minimum absolute atomic E-state index is 0.268. The summed E-state index contributed by atoms with van der Waals surface area (Å²) in [4.78, 5) is 11.5. The van der Waals surface area contributed by atoms with E-state index < -0.39 is 17.3 Å². The molecule has 0 atom stereocenters. The number of aliphatic hydroxyl groups is 1. The largest absolute Gasteiger partial charge is 0.381 e. The maximum Gasteiger partial charge on any atom is 0.255 e. The van der Waals surface area contributed by atoms with Gasteiger partial charge in [-0.25, -0.2) is 4.39 Å². The van der Waals surface area contributed by atoms with Crippen LogP contribution in [0.15, 0.2) is 16.6 Å². The predicted octanol–water partition coefficient (Wildman–Crippen LogP) is 2.61. The zero-order valence-corrected chi connectivity index (χ0v) is 10.9. The second-order valence-electron chi connectivity index (χ2n) is 4.09. The Morgan fingerprint density at radius 2 is 2.06 bits per heavy atom. The normalized spacial score (nSPS) is 11.4. The van der Waals surface area contributed by atoms with Crippen LogP contribution in [0.2, 0.25) is 0 Å². The lowest BCUT2D eigenvalue weighted by molar-refractivity contribution is -0.130. The molecule has 1 aromatic rings. The van der Waals surface area contributed by atoms with E-state index in [1.807, 2.05) is 0 Å². The summed E-state index contributed by atoms with van der Waals surface area (Å²) in [6.45, 7) is 4.45. The molecule has 88 valence electrons. The lowest BCUT2D eigenvalue weighted by atomic mass is 10.1. The first-order valence-electron chi connectivity index (χ1n) is 4.71. The molecule has 0 unspecified atom stereocenters. The first-order valence-corrected chi connectivity index (χ1v) is 5.50. The Morgan fingerprint density at radius 1 is 1.50 bits per heavy atom. The minimum Gasteiger partial charge on any atom is -0.381 e. The van der Waals surface area contributed by atoms with Crippen molar-refractivity contribution in [2.45, 2.75) is 26.4 Å². The van der Waals surface area contributed by atoms with Crippen LogP contribution in [0.25, 0.3) is 0 Å². The molecule has 0 radical (unpaired) electrons. The third-order valence-electron chi connectivity index (χ3n) is 2.07. The number of benzene rings is 1. The van der Waals surface area contributed by atoms with Crippen molar-refractivity contribution in [3.05, 3.63) is 28.0 Å². The number of aryl methyl sites for hydroxylation is 1. The molecule has 16 heavy (non-hydrogen) atoms. The number of anilines is 1. The van der Waals surface area contributed by atoms with E-state index in [4.69, 9.17) is 0 Å². The Hall–Kier alpha value is -0.940. The molecule has 3 nitrogen and oxygen atoms in total. The molecule has 1 amide bonds. The van der Waals surface area contributed by atoms with Crippen LogP contribution in [0.4, 0.5) is 10.1 Å². The molecule has 0 aliphatic rings.